The molecule has 1 aliphatic rings. The molecule has 6 heteroatoms. The Morgan fingerprint density at radius 3 is 2.82 bits per heavy atom. The van der Waals surface area contributed by atoms with Crippen LogP contribution in [0.4, 0.5) is 0 Å². The molecule has 1 aromatic heterocycles. The highest BCUT2D eigenvalue weighted by molar-refractivity contribution is 7.07. The molecule has 1 unspecified atom stereocenters. The molecule has 1 saturated heterocycles. The summed E-state index contributed by atoms with van der Waals surface area (Å²) < 4.78 is 4.83. The van der Waals surface area contributed by atoms with Crippen molar-refractivity contribution in [2.24, 2.45) is 10.9 Å². The van der Waals surface area contributed by atoms with Gasteiger partial charge < -0.3 is 15.0 Å². The third kappa shape index (κ3) is 4.22. The minimum atomic E-state index is -0.0892. The average Bonchev–Trinajstić information content (AvgIpc) is 3.09. The fourth-order valence-corrected chi connectivity index (χ4v) is 3.53. The van der Waals surface area contributed by atoms with Gasteiger partial charge in [-0.1, -0.05) is 6.92 Å². The molecule has 0 aromatic carbocycles. The third-order valence-electron chi connectivity index (χ3n) is 4.22. The number of thiophene rings is 1. The summed E-state index contributed by atoms with van der Waals surface area (Å²) >= 11 is 1.73. The van der Waals surface area contributed by atoms with Crippen LogP contribution in [0.15, 0.2) is 21.8 Å². The highest BCUT2D eigenvalue weighted by atomic mass is 32.1. The summed E-state index contributed by atoms with van der Waals surface area (Å²) in [5, 5.41) is 7.75. The summed E-state index contributed by atoms with van der Waals surface area (Å²) in [4.78, 5) is 18.2. The van der Waals surface area contributed by atoms with Crippen molar-refractivity contribution in [3.63, 3.8) is 0 Å². The molecular weight excluding hydrogens is 298 g/mol. The molecule has 0 aliphatic carbocycles. The van der Waals surface area contributed by atoms with Crippen molar-refractivity contribution in [2.45, 2.75) is 25.7 Å². The number of hydrogen-bond donors (Lipinski definition) is 1. The molecule has 22 heavy (non-hydrogen) atoms. The molecule has 0 radical (unpaired) electrons. The van der Waals surface area contributed by atoms with Crippen molar-refractivity contribution in [1.82, 2.24) is 10.2 Å². The normalized spacial score (nSPS) is 18.1. The van der Waals surface area contributed by atoms with Gasteiger partial charge in [0.2, 0.25) is 0 Å². The van der Waals surface area contributed by atoms with E-state index in [0.29, 0.717) is 5.92 Å². The first-order valence-corrected chi connectivity index (χ1v) is 8.65. The van der Waals surface area contributed by atoms with E-state index in [1.54, 1.807) is 11.3 Å². The third-order valence-corrected chi connectivity index (χ3v) is 4.92. The molecule has 1 atom stereocenters. The van der Waals surface area contributed by atoms with Crippen molar-refractivity contribution >= 4 is 23.3 Å². The largest absolute Gasteiger partial charge is 0.469 e. The highest BCUT2D eigenvalue weighted by Gasteiger charge is 2.27. The van der Waals surface area contributed by atoms with Crippen LogP contribution in [0.25, 0.3) is 0 Å². The Morgan fingerprint density at radius 2 is 2.27 bits per heavy atom. The summed E-state index contributed by atoms with van der Waals surface area (Å²) in [7, 11) is 3.27. The van der Waals surface area contributed by atoms with Gasteiger partial charge in [-0.3, -0.25) is 9.79 Å². The van der Waals surface area contributed by atoms with Crippen molar-refractivity contribution in [2.75, 3.05) is 33.8 Å². The first-order valence-electron chi connectivity index (χ1n) is 7.71. The standard InChI is InChI=1S/C16H25N3O2S/c1-12(14-6-9-22-11-14)10-18-16(17-2)19-7-4-13(5-8-19)15(20)21-3/h6,9,11-13H,4-5,7-8,10H2,1-3H3,(H,17,18). The Labute approximate surface area is 136 Å². The number of carbonyl (C=O) groups excluding carboxylic acids is 1. The van der Waals surface area contributed by atoms with Crippen molar-refractivity contribution in [3.8, 4) is 0 Å². The Balaban J connectivity index is 1.82. The molecule has 1 aliphatic heterocycles. The lowest BCUT2D eigenvalue weighted by Crippen LogP contribution is -2.47. The molecule has 0 amide bonds. The van der Waals surface area contributed by atoms with Crippen LogP contribution in [-0.4, -0.2) is 50.6 Å². The first kappa shape index (κ1) is 16.8. The Bertz CT molecular complexity index is 493. The second-order valence-corrected chi connectivity index (χ2v) is 6.45. The van der Waals surface area contributed by atoms with Crippen LogP contribution in [0, 0.1) is 5.92 Å². The molecule has 0 saturated carbocycles. The molecule has 2 rings (SSSR count). The van der Waals surface area contributed by atoms with Gasteiger partial charge in [-0.2, -0.15) is 11.3 Å². The van der Waals surface area contributed by atoms with Gasteiger partial charge in [0.1, 0.15) is 0 Å². The maximum absolute atomic E-state index is 11.6. The fourth-order valence-electron chi connectivity index (χ4n) is 2.74. The van der Waals surface area contributed by atoms with Crippen molar-refractivity contribution in [1.29, 1.82) is 0 Å². The van der Waals surface area contributed by atoms with E-state index < -0.39 is 0 Å². The highest BCUT2D eigenvalue weighted by Crippen LogP contribution is 2.19. The number of methoxy groups -OCH3 is 1. The molecule has 1 N–H and O–H groups in total. The van der Waals surface area contributed by atoms with E-state index in [0.717, 1.165) is 38.4 Å². The van der Waals surface area contributed by atoms with Gasteiger partial charge in [-0.05, 0) is 41.1 Å². The SMILES string of the molecule is CN=C(NCC(C)c1ccsc1)N1CCC(C(=O)OC)CC1. The molecule has 0 spiro atoms. The number of carbonyl (C=O) groups is 1. The number of guanidine groups is 1. The van der Waals surface area contributed by atoms with Gasteiger partial charge >= 0.3 is 5.97 Å². The Hall–Kier alpha value is -1.56. The number of ether oxygens (including phenoxy) is 1. The number of hydrogen-bond acceptors (Lipinski definition) is 4. The van der Waals surface area contributed by atoms with Gasteiger partial charge in [0.05, 0.1) is 13.0 Å². The monoisotopic (exact) mass is 323 g/mol. The number of rotatable bonds is 4. The molecule has 0 bridgehead atoms. The van der Waals surface area contributed by atoms with E-state index in [1.165, 1.54) is 12.7 Å². The topological polar surface area (TPSA) is 53.9 Å². The second-order valence-electron chi connectivity index (χ2n) is 5.67. The van der Waals surface area contributed by atoms with Gasteiger partial charge in [0, 0.05) is 26.7 Å². The predicted molar refractivity (Wildman–Crippen MR) is 90.4 cm³/mol. The van der Waals surface area contributed by atoms with Gasteiger partial charge in [0.25, 0.3) is 0 Å². The van der Waals surface area contributed by atoms with Crippen molar-refractivity contribution < 1.29 is 9.53 Å². The maximum atomic E-state index is 11.6. The number of nitrogens with one attached hydrogen (secondary N) is 1. The van der Waals surface area contributed by atoms with Crippen LogP contribution in [0.2, 0.25) is 0 Å². The molecule has 1 aromatic rings. The van der Waals surface area contributed by atoms with Gasteiger partial charge in [-0.15, -0.1) is 0 Å². The maximum Gasteiger partial charge on any atom is 0.308 e. The van der Waals surface area contributed by atoms with Crippen LogP contribution in [0.3, 0.4) is 0 Å². The van der Waals surface area contributed by atoms with Crippen LogP contribution >= 0.6 is 11.3 Å². The zero-order chi connectivity index (χ0) is 15.9. The number of esters is 1. The molecular formula is C16H25N3O2S. The zero-order valence-electron chi connectivity index (χ0n) is 13.5. The number of likely N-dealkylation sites (tertiary alicyclic amines) is 1. The summed E-state index contributed by atoms with van der Waals surface area (Å²) in [6.45, 7) is 4.75. The lowest BCUT2D eigenvalue weighted by atomic mass is 9.97. The van der Waals surface area contributed by atoms with Crippen LogP contribution < -0.4 is 5.32 Å². The van der Waals surface area contributed by atoms with E-state index in [9.17, 15) is 4.79 Å². The van der Waals surface area contributed by atoms with Gasteiger partial charge in [0.15, 0.2) is 5.96 Å². The summed E-state index contributed by atoms with van der Waals surface area (Å²) in [5.74, 6) is 1.32. The fraction of sp³-hybridized carbons (Fsp3) is 0.625. The minimum Gasteiger partial charge on any atom is -0.469 e. The average molecular weight is 323 g/mol. The van der Waals surface area contributed by atoms with E-state index in [4.69, 9.17) is 4.74 Å². The van der Waals surface area contributed by atoms with Gasteiger partial charge in [-0.25, -0.2) is 0 Å². The van der Waals surface area contributed by atoms with Crippen LogP contribution in [-0.2, 0) is 9.53 Å². The molecule has 122 valence electrons. The quantitative estimate of drug-likeness (QED) is 0.525. The van der Waals surface area contributed by atoms with E-state index in [-0.39, 0.29) is 11.9 Å². The number of nitrogens with zero attached hydrogens (tertiary/aromatic N) is 2. The van der Waals surface area contributed by atoms with E-state index in [1.807, 2.05) is 7.05 Å². The second kappa shape index (κ2) is 8.17. The van der Waals surface area contributed by atoms with E-state index in [2.05, 4.69) is 39.0 Å². The van der Waals surface area contributed by atoms with E-state index >= 15 is 0 Å². The number of piperidine rings is 1. The summed E-state index contributed by atoms with van der Waals surface area (Å²) in [5.41, 5.74) is 1.36. The molecule has 2 heterocycles. The van der Waals surface area contributed by atoms with Crippen molar-refractivity contribution in [3.05, 3.63) is 22.4 Å². The molecule has 5 nitrogen and oxygen atoms in total. The zero-order valence-corrected chi connectivity index (χ0v) is 14.4. The lowest BCUT2D eigenvalue weighted by Gasteiger charge is -2.33. The number of aliphatic imine (C=N–C) groups is 1. The Morgan fingerprint density at radius 1 is 1.55 bits per heavy atom. The smallest absolute Gasteiger partial charge is 0.308 e. The lowest BCUT2D eigenvalue weighted by molar-refractivity contribution is -0.146. The summed E-state index contributed by atoms with van der Waals surface area (Å²) in [6.07, 6.45) is 1.65. The van der Waals surface area contributed by atoms with Crippen LogP contribution in [0.1, 0.15) is 31.2 Å². The summed E-state index contributed by atoms with van der Waals surface area (Å²) in [6, 6.07) is 2.17. The predicted octanol–water partition coefficient (Wildman–Crippen LogP) is 2.31. The van der Waals surface area contributed by atoms with Crippen LogP contribution in [0.5, 0.6) is 0 Å². The Kier molecular flexibility index (Phi) is 6.24. The first-order chi connectivity index (χ1) is 10.7. The minimum absolute atomic E-state index is 0.0316. The molecule has 1 fully saturated rings.